The average molecular weight is 399 g/mol. The van der Waals surface area contributed by atoms with Gasteiger partial charge in [-0.2, -0.15) is 13.2 Å². The van der Waals surface area contributed by atoms with Crippen LogP contribution in [0.5, 0.6) is 0 Å². The lowest BCUT2D eigenvalue weighted by Gasteiger charge is -2.13. The number of hydrogen-bond acceptors (Lipinski definition) is 2. The van der Waals surface area contributed by atoms with Gasteiger partial charge in [-0.25, -0.2) is 0 Å². The number of carbonyl (C=O) groups excluding carboxylic acids is 1. The highest BCUT2D eigenvalue weighted by molar-refractivity contribution is 9.10. The molecule has 1 aliphatic carbocycles. The van der Waals surface area contributed by atoms with Gasteiger partial charge in [0.15, 0.2) is 0 Å². The van der Waals surface area contributed by atoms with Gasteiger partial charge >= 0.3 is 6.18 Å². The Labute approximate surface area is 145 Å². The fourth-order valence-corrected chi connectivity index (χ4v) is 2.93. The maximum atomic E-state index is 13.0. The van der Waals surface area contributed by atoms with Crippen LogP contribution in [0.25, 0.3) is 0 Å². The minimum absolute atomic E-state index is 0.189. The van der Waals surface area contributed by atoms with Crippen molar-refractivity contribution in [1.29, 1.82) is 0 Å². The number of rotatable bonds is 4. The van der Waals surface area contributed by atoms with Crippen LogP contribution in [0.4, 0.5) is 18.9 Å². The average Bonchev–Trinajstić information content (AvgIpc) is 3.34. The quantitative estimate of drug-likeness (QED) is 0.731. The smallest absolute Gasteiger partial charge is 0.299 e. The van der Waals surface area contributed by atoms with Crippen LogP contribution in [0.3, 0.4) is 0 Å². The Balaban J connectivity index is 1.63. The van der Waals surface area contributed by atoms with E-state index in [-0.39, 0.29) is 11.5 Å². The van der Waals surface area contributed by atoms with Crippen LogP contribution in [0.2, 0.25) is 0 Å². The lowest BCUT2D eigenvalue weighted by Crippen LogP contribution is -2.31. The van der Waals surface area contributed by atoms with Gasteiger partial charge in [-0.05, 0) is 48.2 Å². The third kappa shape index (κ3) is 3.72. The van der Waals surface area contributed by atoms with Crippen molar-refractivity contribution in [1.82, 2.24) is 5.43 Å². The lowest BCUT2D eigenvalue weighted by atomic mass is 10.0. The second-order valence-electron chi connectivity index (χ2n) is 5.65. The molecular formula is C17H14BrF3N2O. The standard InChI is InChI=1S/C17H14BrF3N2O/c18-10-5-7-11(8-6-10)22-23-16(24)14-9-13(14)12-3-1-2-4-15(12)17(19,20)21/h1-8,13-14,22H,9H2,(H,23,24)/t13-,14-/m1/s1. The van der Waals surface area contributed by atoms with Crippen LogP contribution in [0.15, 0.2) is 53.0 Å². The Bertz CT molecular complexity index is 746. The van der Waals surface area contributed by atoms with Crippen molar-refractivity contribution in [2.75, 3.05) is 5.43 Å². The molecule has 2 aromatic rings. The first-order valence-electron chi connectivity index (χ1n) is 7.34. The number of nitrogens with one attached hydrogen (secondary N) is 2. The number of alkyl halides is 3. The molecule has 2 atom stereocenters. The molecule has 0 unspecified atom stereocenters. The molecule has 3 nitrogen and oxygen atoms in total. The van der Waals surface area contributed by atoms with Crippen LogP contribution >= 0.6 is 15.9 Å². The zero-order chi connectivity index (χ0) is 17.3. The Morgan fingerprint density at radius 3 is 2.42 bits per heavy atom. The second kappa shape index (κ2) is 6.47. The number of halogens is 4. The molecule has 0 bridgehead atoms. The van der Waals surface area contributed by atoms with Crippen LogP contribution in [-0.2, 0) is 11.0 Å². The summed E-state index contributed by atoms with van der Waals surface area (Å²) in [7, 11) is 0. The fraction of sp³-hybridized carbons (Fsp3) is 0.235. The molecule has 3 rings (SSSR count). The highest BCUT2D eigenvalue weighted by atomic mass is 79.9. The van der Waals surface area contributed by atoms with Gasteiger partial charge in [0.2, 0.25) is 5.91 Å². The largest absolute Gasteiger partial charge is 0.416 e. The predicted octanol–water partition coefficient (Wildman–Crippen LogP) is 4.71. The molecule has 126 valence electrons. The summed E-state index contributed by atoms with van der Waals surface area (Å²) in [6, 6.07) is 12.6. The summed E-state index contributed by atoms with van der Waals surface area (Å²) in [5, 5.41) is 0. The van der Waals surface area contributed by atoms with Crippen molar-refractivity contribution in [3.8, 4) is 0 Å². The molecule has 0 aromatic heterocycles. The first-order chi connectivity index (χ1) is 11.4. The van der Waals surface area contributed by atoms with Crippen molar-refractivity contribution in [2.24, 2.45) is 5.92 Å². The molecule has 1 saturated carbocycles. The maximum absolute atomic E-state index is 13.0. The van der Waals surface area contributed by atoms with Crippen molar-refractivity contribution in [3.63, 3.8) is 0 Å². The van der Waals surface area contributed by atoms with E-state index in [1.807, 2.05) is 12.1 Å². The highest BCUT2D eigenvalue weighted by Crippen LogP contribution is 2.50. The van der Waals surface area contributed by atoms with Gasteiger partial charge in [0.05, 0.1) is 11.3 Å². The maximum Gasteiger partial charge on any atom is 0.416 e. The monoisotopic (exact) mass is 398 g/mol. The minimum Gasteiger partial charge on any atom is -0.299 e. The minimum atomic E-state index is -4.41. The molecule has 0 aliphatic heterocycles. The van der Waals surface area contributed by atoms with E-state index in [1.165, 1.54) is 12.1 Å². The Morgan fingerprint density at radius 2 is 1.75 bits per heavy atom. The molecule has 0 radical (unpaired) electrons. The molecule has 1 aliphatic rings. The third-order valence-corrected chi connectivity index (χ3v) is 4.50. The number of amides is 1. The summed E-state index contributed by atoms with van der Waals surface area (Å²) in [4.78, 5) is 12.1. The summed E-state index contributed by atoms with van der Waals surface area (Å²) in [6.07, 6.45) is -3.99. The zero-order valence-electron chi connectivity index (χ0n) is 12.4. The molecule has 0 spiro atoms. The summed E-state index contributed by atoms with van der Waals surface area (Å²) in [5.74, 6) is -1.15. The van der Waals surface area contributed by atoms with Gasteiger partial charge in [0, 0.05) is 10.4 Å². The Kier molecular flexibility index (Phi) is 4.54. The number of benzene rings is 2. The number of hydrazine groups is 1. The van der Waals surface area contributed by atoms with Gasteiger partial charge < -0.3 is 0 Å². The van der Waals surface area contributed by atoms with Gasteiger partial charge in [0.1, 0.15) is 0 Å². The molecular weight excluding hydrogens is 385 g/mol. The van der Waals surface area contributed by atoms with Crippen LogP contribution in [-0.4, -0.2) is 5.91 Å². The zero-order valence-corrected chi connectivity index (χ0v) is 14.0. The molecule has 24 heavy (non-hydrogen) atoms. The third-order valence-electron chi connectivity index (χ3n) is 3.97. The molecule has 0 heterocycles. The first kappa shape index (κ1) is 16.8. The van der Waals surface area contributed by atoms with Crippen LogP contribution < -0.4 is 10.9 Å². The molecule has 2 aromatic carbocycles. The molecule has 1 fully saturated rings. The second-order valence-corrected chi connectivity index (χ2v) is 6.57. The van der Waals surface area contributed by atoms with Crippen molar-refractivity contribution in [3.05, 3.63) is 64.1 Å². The predicted molar refractivity (Wildman–Crippen MR) is 88.2 cm³/mol. The molecule has 1 amide bonds. The van der Waals surface area contributed by atoms with Gasteiger partial charge in [-0.3, -0.25) is 15.6 Å². The van der Waals surface area contributed by atoms with Crippen molar-refractivity contribution < 1.29 is 18.0 Å². The van der Waals surface area contributed by atoms with E-state index in [9.17, 15) is 18.0 Å². The number of carbonyl (C=O) groups is 1. The number of hydrogen-bond donors (Lipinski definition) is 2. The fourth-order valence-electron chi connectivity index (χ4n) is 2.67. The van der Waals surface area contributed by atoms with E-state index >= 15 is 0 Å². The lowest BCUT2D eigenvalue weighted by molar-refractivity contribution is -0.138. The molecule has 0 saturated heterocycles. The molecule has 2 N–H and O–H groups in total. The summed E-state index contributed by atoms with van der Waals surface area (Å²) in [6.45, 7) is 0. The van der Waals surface area contributed by atoms with E-state index in [4.69, 9.17) is 0 Å². The summed E-state index contributed by atoms with van der Waals surface area (Å²) < 4.78 is 40.1. The summed E-state index contributed by atoms with van der Waals surface area (Å²) >= 11 is 3.31. The van der Waals surface area contributed by atoms with Gasteiger partial charge in [-0.15, -0.1) is 0 Å². The van der Waals surface area contributed by atoms with E-state index in [1.54, 1.807) is 18.2 Å². The Morgan fingerprint density at radius 1 is 1.08 bits per heavy atom. The van der Waals surface area contributed by atoms with E-state index in [0.717, 1.165) is 10.5 Å². The number of anilines is 1. The molecule has 7 heteroatoms. The topological polar surface area (TPSA) is 41.1 Å². The van der Waals surface area contributed by atoms with Crippen molar-refractivity contribution >= 4 is 27.5 Å². The van der Waals surface area contributed by atoms with E-state index in [0.29, 0.717) is 12.1 Å². The van der Waals surface area contributed by atoms with Crippen molar-refractivity contribution in [2.45, 2.75) is 18.5 Å². The Hall–Kier alpha value is -2.02. The van der Waals surface area contributed by atoms with Gasteiger partial charge in [0.25, 0.3) is 0 Å². The SMILES string of the molecule is O=C(NNc1ccc(Br)cc1)[C@@H]1C[C@@H]1c1ccccc1C(F)(F)F. The van der Waals surface area contributed by atoms with Crippen LogP contribution in [0, 0.1) is 5.92 Å². The van der Waals surface area contributed by atoms with E-state index < -0.39 is 23.6 Å². The first-order valence-corrected chi connectivity index (χ1v) is 8.13. The van der Waals surface area contributed by atoms with Gasteiger partial charge in [-0.1, -0.05) is 34.1 Å². The highest BCUT2D eigenvalue weighted by Gasteiger charge is 2.47. The van der Waals surface area contributed by atoms with E-state index in [2.05, 4.69) is 26.8 Å². The summed E-state index contributed by atoms with van der Waals surface area (Å²) in [5.41, 5.74) is 5.54. The normalized spacial score (nSPS) is 19.7. The van der Waals surface area contributed by atoms with Crippen LogP contribution in [0.1, 0.15) is 23.5 Å².